The number of halogens is 3. The lowest BCUT2D eigenvalue weighted by Gasteiger charge is -2.37. The number of benzene rings is 2. The number of carbonyl (C=O) groups is 1. The number of nitro benzene ring substituents is 1. The standard InChI is InChI=1S/C26H22F3N3O5S/c27-26(28,29)25(35,15-30-9-8-22-17(13-30)10-23(38-22)24(33)34)20-14-31(12-16-4-2-1-3-5-16)21-11-18(32(36)37)6-7-19(20)21/h1-7,10-11,14,35H,8-9,12-13,15H2,(H,33,34). The van der Waals surface area contributed by atoms with E-state index in [0.29, 0.717) is 12.0 Å². The summed E-state index contributed by atoms with van der Waals surface area (Å²) in [6, 6.07) is 14.0. The Hall–Kier alpha value is -3.74. The van der Waals surface area contributed by atoms with E-state index < -0.39 is 34.8 Å². The molecule has 5 rings (SSSR count). The number of hydrogen-bond acceptors (Lipinski definition) is 6. The number of β-amino-alcohol motifs (C(OH)–C–C–N with tert-alkyl or cyclic N) is 1. The number of carboxylic acid groups (broad SMARTS) is 1. The summed E-state index contributed by atoms with van der Waals surface area (Å²) >= 11 is 1.11. The predicted octanol–water partition coefficient (Wildman–Crippen LogP) is 5.17. The largest absolute Gasteiger partial charge is 0.477 e. The van der Waals surface area contributed by atoms with Crippen LogP contribution in [0.3, 0.4) is 0 Å². The topological polar surface area (TPSA) is 109 Å². The van der Waals surface area contributed by atoms with Gasteiger partial charge in [-0.2, -0.15) is 13.2 Å². The van der Waals surface area contributed by atoms with Crippen LogP contribution in [-0.4, -0.2) is 49.8 Å². The van der Waals surface area contributed by atoms with Crippen LogP contribution in [0.2, 0.25) is 0 Å². The minimum Gasteiger partial charge on any atom is -0.477 e. The van der Waals surface area contributed by atoms with Crippen LogP contribution in [0, 0.1) is 10.1 Å². The lowest BCUT2D eigenvalue weighted by molar-refractivity contribution is -0.384. The molecule has 1 aliphatic rings. The number of non-ortho nitro benzene ring substituents is 1. The monoisotopic (exact) mass is 545 g/mol. The van der Waals surface area contributed by atoms with Crippen LogP contribution in [0.1, 0.15) is 31.2 Å². The molecule has 0 amide bonds. The van der Waals surface area contributed by atoms with Crippen molar-refractivity contribution >= 4 is 33.9 Å². The third-order valence-electron chi connectivity index (χ3n) is 6.80. The Labute approximate surface area is 218 Å². The summed E-state index contributed by atoms with van der Waals surface area (Å²) in [5.74, 6) is -1.09. The highest BCUT2D eigenvalue weighted by Crippen LogP contribution is 2.44. The number of nitrogens with zero attached hydrogens (tertiary/aromatic N) is 3. The molecule has 38 heavy (non-hydrogen) atoms. The Morgan fingerprint density at radius 3 is 2.53 bits per heavy atom. The zero-order valence-electron chi connectivity index (χ0n) is 19.8. The molecule has 1 atom stereocenters. The number of carboxylic acids is 1. The molecule has 0 fully saturated rings. The van der Waals surface area contributed by atoms with Gasteiger partial charge in [0, 0.05) is 60.3 Å². The molecule has 12 heteroatoms. The summed E-state index contributed by atoms with van der Waals surface area (Å²) in [4.78, 5) is 24.5. The maximum absolute atomic E-state index is 14.7. The third-order valence-corrected chi connectivity index (χ3v) is 8.02. The molecule has 0 bridgehead atoms. The minimum absolute atomic E-state index is 0.0611. The number of aliphatic hydroxyl groups is 1. The first kappa shape index (κ1) is 25.9. The van der Waals surface area contributed by atoms with Crippen molar-refractivity contribution in [1.82, 2.24) is 9.47 Å². The number of aromatic nitrogens is 1. The fourth-order valence-corrected chi connectivity index (χ4v) is 5.92. The van der Waals surface area contributed by atoms with Crippen LogP contribution in [0.4, 0.5) is 18.9 Å². The number of aromatic carboxylic acids is 1. The number of thiophene rings is 1. The Bertz CT molecular complexity index is 1530. The van der Waals surface area contributed by atoms with Gasteiger partial charge in [0.05, 0.1) is 10.4 Å². The van der Waals surface area contributed by atoms with E-state index in [4.69, 9.17) is 0 Å². The Balaban J connectivity index is 1.57. The van der Waals surface area contributed by atoms with Gasteiger partial charge in [-0.25, -0.2) is 4.79 Å². The summed E-state index contributed by atoms with van der Waals surface area (Å²) in [6.45, 7) is -0.368. The van der Waals surface area contributed by atoms with E-state index in [1.54, 1.807) is 30.3 Å². The molecule has 0 spiro atoms. The Morgan fingerprint density at radius 2 is 1.87 bits per heavy atom. The summed E-state index contributed by atoms with van der Waals surface area (Å²) in [5.41, 5.74) is -2.36. The molecular formula is C26H22F3N3O5S. The van der Waals surface area contributed by atoms with Gasteiger partial charge in [-0.1, -0.05) is 30.3 Å². The fourth-order valence-electron chi connectivity index (χ4n) is 4.92. The van der Waals surface area contributed by atoms with Crippen molar-refractivity contribution in [2.75, 3.05) is 13.1 Å². The summed E-state index contributed by atoms with van der Waals surface area (Å²) < 4.78 is 45.4. The zero-order valence-corrected chi connectivity index (χ0v) is 20.6. The number of rotatable bonds is 7. The highest BCUT2D eigenvalue weighted by atomic mass is 32.1. The average Bonchev–Trinajstić information content (AvgIpc) is 3.45. The molecule has 198 valence electrons. The number of alkyl halides is 3. The molecule has 4 aromatic rings. The van der Waals surface area contributed by atoms with Gasteiger partial charge < -0.3 is 14.8 Å². The van der Waals surface area contributed by atoms with E-state index in [0.717, 1.165) is 27.8 Å². The molecule has 0 saturated carbocycles. The van der Waals surface area contributed by atoms with Crippen molar-refractivity contribution in [3.05, 3.63) is 97.4 Å². The second-order valence-electron chi connectivity index (χ2n) is 9.30. The lowest BCUT2D eigenvalue weighted by Crippen LogP contribution is -2.51. The SMILES string of the molecule is O=C(O)c1cc2c(s1)CCN(CC(O)(c1cn(Cc3ccccc3)c3cc([N+](=O)[O-])ccc13)C(F)(F)F)C2. The Morgan fingerprint density at radius 1 is 1.13 bits per heavy atom. The fraction of sp³-hybridized carbons (Fsp3) is 0.269. The number of hydrogen-bond donors (Lipinski definition) is 2. The second-order valence-corrected chi connectivity index (χ2v) is 10.4. The van der Waals surface area contributed by atoms with Gasteiger partial charge in [-0.3, -0.25) is 15.0 Å². The quantitative estimate of drug-likeness (QED) is 0.245. The molecule has 0 aliphatic carbocycles. The minimum atomic E-state index is -5.07. The van der Waals surface area contributed by atoms with Crippen LogP contribution in [-0.2, 0) is 25.1 Å². The maximum atomic E-state index is 14.7. The van der Waals surface area contributed by atoms with E-state index in [1.165, 1.54) is 33.9 Å². The summed E-state index contributed by atoms with van der Waals surface area (Å²) in [7, 11) is 0. The first-order chi connectivity index (χ1) is 18.0. The van der Waals surface area contributed by atoms with Crippen molar-refractivity contribution in [3.8, 4) is 0 Å². The van der Waals surface area contributed by atoms with Gasteiger partial charge in [0.25, 0.3) is 5.69 Å². The molecule has 2 aromatic heterocycles. The van der Waals surface area contributed by atoms with E-state index in [-0.39, 0.29) is 41.1 Å². The molecule has 1 aliphatic heterocycles. The molecular weight excluding hydrogens is 523 g/mol. The van der Waals surface area contributed by atoms with Crippen molar-refractivity contribution in [3.63, 3.8) is 0 Å². The number of fused-ring (bicyclic) bond motifs is 2. The van der Waals surface area contributed by atoms with Gasteiger partial charge in [0.2, 0.25) is 5.60 Å². The smallest absolute Gasteiger partial charge is 0.422 e. The van der Waals surface area contributed by atoms with Crippen molar-refractivity contribution < 1.29 is 33.1 Å². The van der Waals surface area contributed by atoms with Crippen LogP contribution in [0.5, 0.6) is 0 Å². The molecule has 3 heterocycles. The first-order valence-corrected chi connectivity index (χ1v) is 12.5. The van der Waals surface area contributed by atoms with Crippen LogP contribution >= 0.6 is 11.3 Å². The first-order valence-electron chi connectivity index (χ1n) is 11.6. The summed E-state index contributed by atoms with van der Waals surface area (Å²) in [6.07, 6.45) is -3.48. The Kier molecular flexibility index (Phi) is 6.49. The van der Waals surface area contributed by atoms with Crippen molar-refractivity contribution in [2.24, 2.45) is 0 Å². The van der Waals surface area contributed by atoms with E-state index in [2.05, 4.69) is 0 Å². The highest BCUT2D eigenvalue weighted by Gasteiger charge is 2.57. The van der Waals surface area contributed by atoms with E-state index >= 15 is 0 Å². The average molecular weight is 546 g/mol. The van der Waals surface area contributed by atoms with E-state index in [9.17, 15) is 38.3 Å². The summed E-state index contributed by atoms with van der Waals surface area (Å²) in [5, 5.41) is 32.1. The van der Waals surface area contributed by atoms with Crippen molar-refractivity contribution in [1.29, 1.82) is 0 Å². The van der Waals surface area contributed by atoms with Gasteiger partial charge in [-0.05, 0) is 29.7 Å². The number of nitro groups is 1. The van der Waals surface area contributed by atoms with Crippen molar-refractivity contribution in [2.45, 2.75) is 31.3 Å². The normalized spacial score (nSPS) is 15.8. The van der Waals surface area contributed by atoms with Gasteiger partial charge in [-0.15, -0.1) is 11.3 Å². The molecule has 1 unspecified atom stereocenters. The molecule has 0 saturated heterocycles. The predicted molar refractivity (Wildman–Crippen MR) is 134 cm³/mol. The van der Waals surface area contributed by atoms with Gasteiger partial charge >= 0.3 is 12.1 Å². The lowest BCUT2D eigenvalue weighted by atomic mass is 9.91. The molecule has 0 radical (unpaired) electrons. The van der Waals surface area contributed by atoms with E-state index in [1.807, 2.05) is 0 Å². The van der Waals surface area contributed by atoms with Gasteiger partial charge in [0.1, 0.15) is 4.88 Å². The van der Waals surface area contributed by atoms with Crippen LogP contribution in [0.15, 0.2) is 60.8 Å². The van der Waals surface area contributed by atoms with Gasteiger partial charge in [0.15, 0.2) is 0 Å². The highest BCUT2D eigenvalue weighted by molar-refractivity contribution is 7.14. The van der Waals surface area contributed by atoms with Crippen LogP contribution < -0.4 is 0 Å². The second kappa shape index (κ2) is 9.53. The zero-order chi connectivity index (χ0) is 27.2. The maximum Gasteiger partial charge on any atom is 0.422 e. The molecule has 2 aromatic carbocycles. The molecule has 2 N–H and O–H groups in total. The van der Waals surface area contributed by atoms with Crippen LogP contribution in [0.25, 0.3) is 10.9 Å². The third kappa shape index (κ3) is 4.66. The molecule has 8 nitrogen and oxygen atoms in total.